The smallest absolute Gasteiger partial charge is 0.0950 e. The quantitative estimate of drug-likeness (QED) is 0.639. The average Bonchev–Trinajstić information content (AvgIpc) is 2.43. The van der Waals surface area contributed by atoms with Gasteiger partial charge in [-0.3, -0.25) is 0 Å². The molecule has 0 fully saturated rings. The Morgan fingerprint density at radius 3 is 2.60 bits per heavy atom. The summed E-state index contributed by atoms with van der Waals surface area (Å²) in [6, 6.07) is 5.84. The topological polar surface area (TPSA) is 46.2 Å². The lowest BCUT2D eigenvalue weighted by molar-refractivity contribution is -0.0622. The number of nitrogens with two attached hydrogens (primary N) is 1. The van der Waals surface area contributed by atoms with E-state index in [0.717, 1.165) is 24.1 Å². The average molecular weight is 205 g/mol. The molecule has 1 aliphatic rings. The van der Waals surface area contributed by atoms with Crippen LogP contribution in [0.1, 0.15) is 38.3 Å². The zero-order chi connectivity index (χ0) is 11.3. The van der Waals surface area contributed by atoms with Gasteiger partial charge in [0.05, 0.1) is 5.60 Å². The van der Waals surface area contributed by atoms with Crippen LogP contribution in [0.15, 0.2) is 18.2 Å². The number of aliphatic hydroxyl groups is 1. The van der Waals surface area contributed by atoms with Gasteiger partial charge in [0.2, 0.25) is 0 Å². The van der Waals surface area contributed by atoms with Gasteiger partial charge in [-0.1, -0.05) is 26.8 Å². The first kappa shape index (κ1) is 10.5. The summed E-state index contributed by atoms with van der Waals surface area (Å²) in [5.74, 6) is 0. The van der Waals surface area contributed by atoms with Crippen molar-refractivity contribution in [3.05, 3.63) is 29.3 Å². The van der Waals surface area contributed by atoms with Crippen LogP contribution in [0.4, 0.5) is 5.69 Å². The first-order chi connectivity index (χ1) is 6.84. The number of hydrogen-bond donors (Lipinski definition) is 2. The molecule has 1 aromatic carbocycles. The van der Waals surface area contributed by atoms with Gasteiger partial charge in [-0.25, -0.2) is 0 Å². The number of fused-ring (bicyclic) bond motifs is 1. The molecular weight excluding hydrogens is 186 g/mol. The lowest BCUT2D eigenvalue weighted by Gasteiger charge is -2.38. The molecule has 2 rings (SSSR count). The highest BCUT2D eigenvalue weighted by molar-refractivity contribution is 5.49. The number of anilines is 1. The van der Waals surface area contributed by atoms with E-state index in [-0.39, 0.29) is 5.41 Å². The zero-order valence-corrected chi connectivity index (χ0v) is 9.67. The standard InChI is InChI=1S/C13H19NO/c1-12(2,3)13(15)7-6-9-8-10(14)4-5-11(9)13/h4-5,8,15H,6-7,14H2,1-3H3. The highest BCUT2D eigenvalue weighted by Crippen LogP contribution is 2.48. The van der Waals surface area contributed by atoms with E-state index in [1.807, 2.05) is 18.2 Å². The van der Waals surface area contributed by atoms with Crippen LogP contribution in [0.2, 0.25) is 0 Å². The molecule has 0 radical (unpaired) electrons. The molecule has 0 saturated heterocycles. The van der Waals surface area contributed by atoms with Crippen LogP contribution in [0.25, 0.3) is 0 Å². The molecule has 1 aromatic rings. The maximum absolute atomic E-state index is 10.7. The van der Waals surface area contributed by atoms with Crippen molar-refractivity contribution in [2.24, 2.45) is 5.41 Å². The van der Waals surface area contributed by atoms with Crippen molar-refractivity contribution in [1.82, 2.24) is 0 Å². The minimum Gasteiger partial charge on any atom is -0.399 e. The molecule has 1 atom stereocenters. The monoisotopic (exact) mass is 205 g/mol. The fourth-order valence-electron chi connectivity index (χ4n) is 2.45. The van der Waals surface area contributed by atoms with E-state index in [2.05, 4.69) is 20.8 Å². The molecule has 0 spiro atoms. The van der Waals surface area contributed by atoms with E-state index in [4.69, 9.17) is 5.73 Å². The van der Waals surface area contributed by atoms with Crippen molar-refractivity contribution in [3.63, 3.8) is 0 Å². The van der Waals surface area contributed by atoms with E-state index in [0.29, 0.717) is 0 Å². The molecule has 15 heavy (non-hydrogen) atoms. The van der Waals surface area contributed by atoms with E-state index < -0.39 is 5.60 Å². The summed E-state index contributed by atoms with van der Waals surface area (Å²) >= 11 is 0. The third-order valence-corrected chi connectivity index (χ3v) is 3.57. The van der Waals surface area contributed by atoms with Crippen LogP contribution < -0.4 is 5.73 Å². The molecule has 0 heterocycles. The minimum absolute atomic E-state index is 0.131. The van der Waals surface area contributed by atoms with E-state index in [1.165, 1.54) is 5.56 Å². The predicted octanol–water partition coefficient (Wildman–Crippen LogP) is 2.45. The number of hydrogen-bond acceptors (Lipinski definition) is 2. The second-order valence-corrected chi connectivity index (χ2v) is 5.53. The summed E-state index contributed by atoms with van der Waals surface area (Å²) < 4.78 is 0. The maximum atomic E-state index is 10.7. The Morgan fingerprint density at radius 2 is 2.00 bits per heavy atom. The third-order valence-electron chi connectivity index (χ3n) is 3.57. The van der Waals surface area contributed by atoms with Crippen LogP contribution in [0.5, 0.6) is 0 Å². The lowest BCUT2D eigenvalue weighted by atomic mass is 9.73. The van der Waals surface area contributed by atoms with Crippen LogP contribution in [0, 0.1) is 5.41 Å². The summed E-state index contributed by atoms with van der Waals surface area (Å²) in [6.07, 6.45) is 1.73. The fourth-order valence-corrected chi connectivity index (χ4v) is 2.45. The van der Waals surface area contributed by atoms with Crippen molar-refractivity contribution < 1.29 is 5.11 Å². The zero-order valence-electron chi connectivity index (χ0n) is 9.67. The Bertz CT molecular complexity index is 392. The van der Waals surface area contributed by atoms with E-state index in [1.54, 1.807) is 0 Å². The number of aryl methyl sites for hydroxylation is 1. The Morgan fingerprint density at radius 1 is 1.33 bits per heavy atom. The second kappa shape index (κ2) is 2.99. The summed E-state index contributed by atoms with van der Waals surface area (Å²) in [5.41, 5.74) is 7.96. The number of rotatable bonds is 0. The number of nitrogen functional groups attached to an aromatic ring is 1. The second-order valence-electron chi connectivity index (χ2n) is 5.53. The van der Waals surface area contributed by atoms with Gasteiger partial charge in [0.25, 0.3) is 0 Å². The molecule has 0 saturated carbocycles. The molecule has 2 nitrogen and oxygen atoms in total. The molecule has 0 aromatic heterocycles. The van der Waals surface area contributed by atoms with Gasteiger partial charge in [0, 0.05) is 5.69 Å². The molecular formula is C13H19NO. The Kier molecular flexibility index (Phi) is 2.09. The fraction of sp³-hybridized carbons (Fsp3) is 0.538. The molecule has 0 aliphatic heterocycles. The van der Waals surface area contributed by atoms with Gasteiger partial charge in [0.15, 0.2) is 0 Å². The third kappa shape index (κ3) is 1.44. The largest absolute Gasteiger partial charge is 0.399 e. The minimum atomic E-state index is -0.698. The van der Waals surface area contributed by atoms with E-state index in [9.17, 15) is 5.11 Å². The van der Waals surface area contributed by atoms with Crippen LogP contribution in [-0.4, -0.2) is 5.11 Å². The van der Waals surface area contributed by atoms with Gasteiger partial charge < -0.3 is 10.8 Å². The summed E-state index contributed by atoms with van der Waals surface area (Å²) in [5, 5.41) is 10.7. The predicted molar refractivity (Wildman–Crippen MR) is 62.5 cm³/mol. The molecule has 2 heteroatoms. The molecule has 3 N–H and O–H groups in total. The van der Waals surface area contributed by atoms with Crippen molar-refractivity contribution in [2.75, 3.05) is 5.73 Å². The van der Waals surface area contributed by atoms with E-state index >= 15 is 0 Å². The molecule has 82 valence electrons. The summed E-state index contributed by atoms with van der Waals surface area (Å²) in [4.78, 5) is 0. The van der Waals surface area contributed by atoms with Crippen LogP contribution in [-0.2, 0) is 12.0 Å². The molecule has 0 amide bonds. The normalized spacial score (nSPS) is 25.3. The van der Waals surface area contributed by atoms with Crippen molar-refractivity contribution in [1.29, 1.82) is 0 Å². The van der Waals surface area contributed by atoms with Crippen molar-refractivity contribution >= 4 is 5.69 Å². The Labute approximate surface area is 91.1 Å². The summed E-state index contributed by atoms with van der Waals surface area (Å²) in [6.45, 7) is 6.25. The van der Waals surface area contributed by atoms with Gasteiger partial charge >= 0.3 is 0 Å². The van der Waals surface area contributed by atoms with Gasteiger partial charge in [-0.05, 0) is 41.5 Å². The van der Waals surface area contributed by atoms with Crippen LogP contribution in [0.3, 0.4) is 0 Å². The highest BCUT2D eigenvalue weighted by atomic mass is 16.3. The van der Waals surface area contributed by atoms with Crippen molar-refractivity contribution in [2.45, 2.75) is 39.2 Å². The molecule has 1 unspecified atom stereocenters. The van der Waals surface area contributed by atoms with Gasteiger partial charge in [-0.15, -0.1) is 0 Å². The first-order valence-electron chi connectivity index (χ1n) is 5.46. The molecule has 0 bridgehead atoms. The maximum Gasteiger partial charge on any atom is 0.0950 e. The first-order valence-corrected chi connectivity index (χ1v) is 5.46. The SMILES string of the molecule is CC(C)(C)C1(O)CCc2cc(N)ccc21. The van der Waals surface area contributed by atoms with Crippen molar-refractivity contribution in [3.8, 4) is 0 Å². The van der Waals surface area contributed by atoms with Gasteiger partial charge in [-0.2, -0.15) is 0 Å². The Balaban J connectivity index is 2.53. The highest BCUT2D eigenvalue weighted by Gasteiger charge is 2.45. The van der Waals surface area contributed by atoms with Gasteiger partial charge in [0.1, 0.15) is 0 Å². The lowest BCUT2D eigenvalue weighted by Crippen LogP contribution is -2.37. The number of benzene rings is 1. The van der Waals surface area contributed by atoms with Crippen LogP contribution >= 0.6 is 0 Å². The summed E-state index contributed by atoms with van der Waals surface area (Å²) in [7, 11) is 0. The Hall–Kier alpha value is -1.02. The molecule has 1 aliphatic carbocycles.